The van der Waals surface area contributed by atoms with Gasteiger partial charge in [0.15, 0.2) is 0 Å². The van der Waals surface area contributed by atoms with Crippen molar-refractivity contribution in [1.82, 2.24) is 0 Å². The number of carboxylic acid groups (broad SMARTS) is 2. The number of aliphatic carboxylic acids is 2. The lowest BCUT2D eigenvalue weighted by Gasteiger charge is -2.36. The summed E-state index contributed by atoms with van der Waals surface area (Å²) >= 11 is 0. The Kier molecular flexibility index (Phi) is 6.20. The molecule has 0 aliphatic rings. The first-order chi connectivity index (χ1) is 12.3. The van der Waals surface area contributed by atoms with Gasteiger partial charge in [-0.25, -0.2) is 0 Å². The van der Waals surface area contributed by atoms with Gasteiger partial charge in [0, 0.05) is 17.2 Å². The summed E-state index contributed by atoms with van der Waals surface area (Å²) in [5.74, 6) is -2.10. The molecule has 0 N–H and O–H groups in total. The molecule has 0 saturated carbocycles. The first-order valence-corrected chi connectivity index (χ1v) is 9.29. The van der Waals surface area contributed by atoms with E-state index in [1.54, 1.807) is 6.07 Å². The normalized spacial score (nSPS) is 13.2. The molecular formula is C22H32O6-2. The highest BCUT2D eigenvalue weighted by Gasteiger charge is 2.32. The summed E-state index contributed by atoms with van der Waals surface area (Å²) in [6, 6.07) is 3.46. The molecule has 0 atom stereocenters. The number of benzene rings is 1. The molecule has 0 aliphatic heterocycles. The molecular weight excluding hydrogens is 360 g/mol. The number of hydrogen-bond donors (Lipinski definition) is 0. The van der Waals surface area contributed by atoms with Crippen LogP contribution in [0.25, 0.3) is 0 Å². The van der Waals surface area contributed by atoms with Gasteiger partial charge >= 0.3 is 0 Å². The monoisotopic (exact) mass is 392 g/mol. The van der Waals surface area contributed by atoms with Crippen molar-refractivity contribution in [3.05, 3.63) is 23.3 Å². The lowest BCUT2D eigenvalue weighted by Crippen LogP contribution is -2.48. The molecule has 1 aromatic rings. The zero-order valence-corrected chi connectivity index (χ0v) is 18.6. The van der Waals surface area contributed by atoms with Gasteiger partial charge in [-0.2, -0.15) is 0 Å². The van der Waals surface area contributed by atoms with Crippen LogP contribution in [0.1, 0.15) is 80.4 Å². The van der Waals surface area contributed by atoms with E-state index in [9.17, 15) is 19.8 Å². The summed E-state index contributed by atoms with van der Waals surface area (Å²) in [6.45, 7) is 17.5. The zero-order chi connectivity index (χ0) is 22.3. The van der Waals surface area contributed by atoms with Gasteiger partial charge in [-0.1, -0.05) is 41.5 Å². The van der Waals surface area contributed by atoms with Crippen LogP contribution >= 0.6 is 0 Å². The molecule has 0 aliphatic carbocycles. The number of carbonyl (C=O) groups is 2. The molecule has 1 rings (SSSR count). The molecule has 0 aromatic heterocycles. The fraction of sp³-hybridized carbons (Fsp3) is 0.636. The highest BCUT2D eigenvalue weighted by Crippen LogP contribution is 2.43. The van der Waals surface area contributed by atoms with E-state index in [-0.39, 0.29) is 10.8 Å². The van der Waals surface area contributed by atoms with Gasteiger partial charge < -0.3 is 29.3 Å². The maximum absolute atomic E-state index is 11.5. The van der Waals surface area contributed by atoms with E-state index in [0.717, 1.165) is 11.1 Å². The second-order valence-electron chi connectivity index (χ2n) is 10.1. The predicted octanol–water partition coefficient (Wildman–Crippen LogP) is 2.10. The number of rotatable bonds is 6. The van der Waals surface area contributed by atoms with E-state index in [4.69, 9.17) is 9.47 Å². The van der Waals surface area contributed by atoms with Gasteiger partial charge in [0.1, 0.15) is 22.7 Å². The second kappa shape index (κ2) is 7.30. The van der Waals surface area contributed by atoms with Crippen molar-refractivity contribution in [3.63, 3.8) is 0 Å². The standard InChI is InChI=1S/C22H34O6/c1-19(2,3)13-11-14(20(4,5)6)16(28-22(9,10)18(25)26)12-15(13)27-21(7,8)17(23)24/h11-12H,1-10H3,(H,23,24)(H,25,26)/p-2. The van der Waals surface area contributed by atoms with Gasteiger partial charge in [0.2, 0.25) is 0 Å². The number of carboxylic acids is 2. The molecule has 0 heterocycles. The minimum absolute atomic E-state index is 0.304. The van der Waals surface area contributed by atoms with Gasteiger partial charge in [-0.3, -0.25) is 0 Å². The maximum Gasteiger partial charge on any atom is 0.143 e. The minimum Gasteiger partial charge on any atom is -0.546 e. The van der Waals surface area contributed by atoms with Crippen LogP contribution in [-0.4, -0.2) is 23.1 Å². The van der Waals surface area contributed by atoms with Crippen molar-refractivity contribution in [1.29, 1.82) is 0 Å². The highest BCUT2D eigenvalue weighted by atomic mass is 16.5. The van der Waals surface area contributed by atoms with Crippen LogP contribution in [0.3, 0.4) is 0 Å². The first kappa shape index (κ1) is 23.8. The summed E-state index contributed by atoms with van der Waals surface area (Å²) < 4.78 is 11.6. The summed E-state index contributed by atoms with van der Waals surface area (Å²) in [7, 11) is 0. The van der Waals surface area contributed by atoms with Crippen LogP contribution in [0, 0.1) is 0 Å². The summed E-state index contributed by atoms with van der Waals surface area (Å²) in [4.78, 5) is 22.9. The van der Waals surface area contributed by atoms with Gasteiger partial charge in [0.25, 0.3) is 0 Å². The van der Waals surface area contributed by atoms with E-state index < -0.39 is 23.1 Å². The van der Waals surface area contributed by atoms with Crippen LogP contribution in [0.5, 0.6) is 11.5 Å². The minimum atomic E-state index is -1.58. The number of carbonyl (C=O) groups excluding carboxylic acids is 2. The molecule has 0 amide bonds. The van der Waals surface area contributed by atoms with Crippen LogP contribution in [0.15, 0.2) is 12.1 Å². The van der Waals surface area contributed by atoms with Gasteiger partial charge in [-0.15, -0.1) is 0 Å². The molecule has 158 valence electrons. The average Bonchev–Trinajstić information content (AvgIpc) is 2.43. The quantitative estimate of drug-likeness (QED) is 0.735. The molecule has 1 aromatic carbocycles. The second-order valence-corrected chi connectivity index (χ2v) is 10.1. The SMILES string of the molecule is CC(C)(Oc1cc(OC(C)(C)C(=O)[O-])c(C(C)(C)C)cc1C(C)(C)C)C(=O)[O-]. The lowest BCUT2D eigenvalue weighted by atomic mass is 9.79. The average molecular weight is 392 g/mol. The topological polar surface area (TPSA) is 98.7 Å². The summed E-state index contributed by atoms with van der Waals surface area (Å²) in [5.41, 5.74) is -2.32. The van der Waals surface area contributed by atoms with Crippen molar-refractivity contribution in [2.24, 2.45) is 0 Å². The Hall–Kier alpha value is -2.24. The Morgan fingerprint density at radius 1 is 0.643 bits per heavy atom. The fourth-order valence-corrected chi connectivity index (χ4v) is 2.54. The van der Waals surface area contributed by atoms with E-state index in [0.29, 0.717) is 11.5 Å². The summed E-state index contributed by atoms with van der Waals surface area (Å²) in [6.07, 6.45) is 0. The van der Waals surface area contributed by atoms with Gasteiger partial charge in [-0.05, 0) is 44.6 Å². The smallest absolute Gasteiger partial charge is 0.143 e. The van der Waals surface area contributed by atoms with Crippen LogP contribution in [-0.2, 0) is 20.4 Å². The van der Waals surface area contributed by atoms with Crippen molar-refractivity contribution in [2.75, 3.05) is 0 Å². The van der Waals surface area contributed by atoms with E-state index >= 15 is 0 Å². The Balaban J connectivity index is 3.77. The van der Waals surface area contributed by atoms with Crippen molar-refractivity contribution in [3.8, 4) is 11.5 Å². The van der Waals surface area contributed by atoms with Gasteiger partial charge in [0.05, 0.1) is 11.9 Å². The highest BCUT2D eigenvalue weighted by molar-refractivity contribution is 5.75. The first-order valence-electron chi connectivity index (χ1n) is 9.29. The molecule has 0 bridgehead atoms. The van der Waals surface area contributed by atoms with Crippen molar-refractivity contribution >= 4 is 11.9 Å². The molecule has 0 unspecified atom stereocenters. The Morgan fingerprint density at radius 2 is 0.929 bits per heavy atom. The fourth-order valence-electron chi connectivity index (χ4n) is 2.54. The lowest BCUT2D eigenvalue weighted by molar-refractivity contribution is -0.321. The van der Waals surface area contributed by atoms with E-state index in [1.165, 1.54) is 27.7 Å². The maximum atomic E-state index is 11.5. The third-order valence-corrected chi connectivity index (χ3v) is 4.41. The molecule has 0 fully saturated rings. The van der Waals surface area contributed by atoms with E-state index in [2.05, 4.69) is 0 Å². The molecule has 28 heavy (non-hydrogen) atoms. The Morgan fingerprint density at radius 3 is 1.14 bits per heavy atom. The molecule has 6 nitrogen and oxygen atoms in total. The Labute approximate surface area is 167 Å². The molecule has 6 heteroatoms. The zero-order valence-electron chi connectivity index (χ0n) is 18.6. The largest absolute Gasteiger partial charge is 0.546 e. The third kappa shape index (κ3) is 5.40. The van der Waals surface area contributed by atoms with Crippen LogP contribution in [0.4, 0.5) is 0 Å². The van der Waals surface area contributed by atoms with Crippen LogP contribution in [0.2, 0.25) is 0 Å². The van der Waals surface area contributed by atoms with Crippen molar-refractivity contribution < 1.29 is 29.3 Å². The molecule has 0 radical (unpaired) electrons. The number of hydrogen-bond acceptors (Lipinski definition) is 6. The summed E-state index contributed by atoms with van der Waals surface area (Å²) in [5, 5.41) is 22.9. The molecule has 0 saturated heterocycles. The Bertz CT molecular complexity index is 699. The number of ether oxygens (including phenoxy) is 2. The van der Waals surface area contributed by atoms with Crippen molar-refractivity contribution in [2.45, 2.75) is 91.3 Å². The third-order valence-electron chi connectivity index (χ3n) is 4.41. The van der Waals surface area contributed by atoms with E-state index in [1.807, 2.05) is 47.6 Å². The predicted molar refractivity (Wildman–Crippen MR) is 103 cm³/mol. The molecule has 0 spiro atoms. The van der Waals surface area contributed by atoms with Crippen LogP contribution < -0.4 is 19.7 Å².